The summed E-state index contributed by atoms with van der Waals surface area (Å²) in [6, 6.07) is 24.7. The van der Waals surface area contributed by atoms with Crippen molar-refractivity contribution in [2.24, 2.45) is 5.92 Å². The number of rotatable bonds is 4. The Morgan fingerprint density at radius 2 is 1.53 bits per heavy atom. The third-order valence-electron chi connectivity index (χ3n) is 7.84. The highest BCUT2D eigenvalue weighted by Crippen LogP contribution is 2.40. The molecule has 2 aliphatic heterocycles. The van der Waals surface area contributed by atoms with E-state index in [4.69, 9.17) is 4.74 Å². The maximum atomic E-state index is 13.6. The van der Waals surface area contributed by atoms with E-state index in [0.29, 0.717) is 0 Å². The summed E-state index contributed by atoms with van der Waals surface area (Å²) in [4.78, 5) is 28.5. The van der Waals surface area contributed by atoms with Gasteiger partial charge in [-0.3, -0.25) is 4.79 Å². The number of nitrogens with zero attached hydrogens (tertiary/aromatic N) is 1. The Hall–Kier alpha value is -3.40. The van der Waals surface area contributed by atoms with Crippen molar-refractivity contribution in [2.45, 2.75) is 57.2 Å². The van der Waals surface area contributed by atoms with Gasteiger partial charge in [-0.25, -0.2) is 4.79 Å². The molecule has 1 aliphatic carbocycles. The number of hydrogen-bond donors (Lipinski definition) is 0. The molecule has 0 spiro atoms. The molecular weight excluding hydrogens is 422 g/mol. The lowest BCUT2D eigenvalue weighted by atomic mass is 9.75. The lowest BCUT2D eigenvalue weighted by molar-refractivity contribution is 0.00473. The topological polar surface area (TPSA) is 46.6 Å². The number of fused-ring (bicyclic) bond motifs is 5. The van der Waals surface area contributed by atoms with Gasteiger partial charge in [0.25, 0.3) is 0 Å². The summed E-state index contributed by atoms with van der Waals surface area (Å²) in [5.74, 6) is 0.197. The van der Waals surface area contributed by atoms with Crippen molar-refractivity contribution in [1.29, 1.82) is 0 Å². The highest BCUT2D eigenvalue weighted by molar-refractivity contribution is 5.99. The molecular formula is C30H29NO3. The number of ketones is 1. The Morgan fingerprint density at radius 3 is 2.32 bits per heavy atom. The van der Waals surface area contributed by atoms with Crippen LogP contribution in [0.3, 0.4) is 0 Å². The highest BCUT2D eigenvalue weighted by atomic mass is 16.6. The first kappa shape index (κ1) is 21.2. The molecule has 1 amide bonds. The van der Waals surface area contributed by atoms with E-state index in [2.05, 4.69) is 36.4 Å². The highest BCUT2D eigenvalue weighted by Gasteiger charge is 2.43. The van der Waals surface area contributed by atoms with Gasteiger partial charge in [0, 0.05) is 23.6 Å². The molecule has 2 bridgehead atoms. The minimum absolute atomic E-state index is 0.0321. The third-order valence-corrected chi connectivity index (χ3v) is 7.84. The Kier molecular flexibility index (Phi) is 5.44. The third kappa shape index (κ3) is 3.81. The first-order valence-corrected chi connectivity index (χ1v) is 12.4. The number of ether oxygens (including phenoxy) is 1. The molecule has 2 heterocycles. The van der Waals surface area contributed by atoms with E-state index in [1.807, 2.05) is 41.3 Å². The van der Waals surface area contributed by atoms with Gasteiger partial charge in [-0.2, -0.15) is 0 Å². The number of Topliss-reactive ketones (excluding diaryl/α,β-unsaturated/α-hetero) is 1. The fraction of sp³-hybridized carbons (Fsp3) is 0.333. The van der Waals surface area contributed by atoms with E-state index in [1.165, 1.54) is 22.3 Å². The zero-order chi connectivity index (χ0) is 23.1. The van der Waals surface area contributed by atoms with E-state index in [-0.39, 0.29) is 36.5 Å². The van der Waals surface area contributed by atoms with Crippen LogP contribution in [0.2, 0.25) is 0 Å². The molecule has 2 saturated heterocycles. The van der Waals surface area contributed by atoms with Crippen LogP contribution in [0.5, 0.6) is 0 Å². The molecule has 2 fully saturated rings. The maximum Gasteiger partial charge on any atom is 0.410 e. The van der Waals surface area contributed by atoms with E-state index >= 15 is 0 Å². The van der Waals surface area contributed by atoms with Gasteiger partial charge in [-0.15, -0.1) is 0 Å². The summed E-state index contributed by atoms with van der Waals surface area (Å²) in [7, 11) is 0. The van der Waals surface area contributed by atoms with Crippen molar-refractivity contribution in [3.05, 3.63) is 95.1 Å². The summed E-state index contributed by atoms with van der Waals surface area (Å²) in [5.41, 5.74) is 6.92. The molecule has 4 nitrogen and oxygen atoms in total. The molecule has 2 unspecified atom stereocenters. The van der Waals surface area contributed by atoms with Gasteiger partial charge in [-0.1, -0.05) is 66.7 Å². The molecule has 6 rings (SSSR count). The van der Waals surface area contributed by atoms with Crippen molar-refractivity contribution in [3.8, 4) is 11.1 Å². The number of carbonyl (C=O) groups is 2. The number of benzene rings is 3. The molecule has 172 valence electrons. The van der Waals surface area contributed by atoms with E-state index in [0.717, 1.165) is 49.7 Å². The number of piperidine rings is 2. The minimum atomic E-state index is -0.236. The number of hydrogen-bond acceptors (Lipinski definition) is 3. The first-order chi connectivity index (χ1) is 16.7. The van der Waals surface area contributed by atoms with Crippen LogP contribution in [-0.4, -0.2) is 28.9 Å². The van der Waals surface area contributed by atoms with Crippen molar-refractivity contribution in [2.75, 3.05) is 0 Å². The quantitative estimate of drug-likeness (QED) is 0.337. The van der Waals surface area contributed by atoms with Crippen molar-refractivity contribution in [1.82, 2.24) is 4.90 Å². The van der Waals surface area contributed by atoms with Gasteiger partial charge in [0.15, 0.2) is 5.78 Å². The molecule has 0 radical (unpaired) electrons. The molecule has 4 heteroatoms. The Morgan fingerprint density at radius 1 is 0.824 bits per heavy atom. The predicted octanol–water partition coefficient (Wildman–Crippen LogP) is 6.41. The fourth-order valence-corrected chi connectivity index (χ4v) is 6.22. The Balaban J connectivity index is 1.15. The van der Waals surface area contributed by atoms with Gasteiger partial charge in [0.1, 0.15) is 6.61 Å². The van der Waals surface area contributed by atoms with Gasteiger partial charge in [-0.05, 0) is 72.4 Å². The molecule has 3 aliphatic rings. The zero-order valence-corrected chi connectivity index (χ0v) is 19.3. The molecule has 34 heavy (non-hydrogen) atoms. The average Bonchev–Trinajstić information content (AvgIpc) is 3.24. The summed E-state index contributed by atoms with van der Waals surface area (Å²) in [6.07, 6.45) is 5.11. The van der Waals surface area contributed by atoms with Crippen LogP contribution in [0.1, 0.15) is 59.2 Å². The molecule has 3 aromatic rings. The molecule has 0 N–H and O–H groups in total. The van der Waals surface area contributed by atoms with Crippen LogP contribution in [0.4, 0.5) is 4.79 Å². The van der Waals surface area contributed by atoms with Crippen LogP contribution < -0.4 is 0 Å². The first-order valence-electron chi connectivity index (χ1n) is 12.4. The largest absolute Gasteiger partial charge is 0.445 e. The summed E-state index contributed by atoms with van der Waals surface area (Å²) in [5, 5.41) is 0. The second-order valence-electron chi connectivity index (χ2n) is 9.92. The summed E-state index contributed by atoms with van der Waals surface area (Å²) in [6.45, 7) is 0.287. The zero-order valence-electron chi connectivity index (χ0n) is 19.3. The number of carbonyl (C=O) groups excluding carboxylic acids is 2. The monoisotopic (exact) mass is 451 g/mol. The Bertz CT molecular complexity index is 1220. The average molecular weight is 452 g/mol. The molecule has 0 saturated carbocycles. The van der Waals surface area contributed by atoms with Crippen LogP contribution in [-0.2, 0) is 17.8 Å². The minimum Gasteiger partial charge on any atom is -0.445 e. The second-order valence-corrected chi connectivity index (χ2v) is 9.92. The Labute approximate surface area is 200 Å². The van der Waals surface area contributed by atoms with Crippen molar-refractivity contribution < 1.29 is 14.3 Å². The fourth-order valence-electron chi connectivity index (χ4n) is 6.22. The standard InChI is InChI=1S/C30H29NO3/c32-29(22-13-14-28-23(16-22)15-21-9-4-5-12-27(21)28)24-17-25-10-6-11-26(18-24)31(25)30(33)34-19-20-7-2-1-3-8-20/h1-5,7-9,12-14,16,24-26H,6,10-11,15,17-19H2. The van der Waals surface area contributed by atoms with Gasteiger partial charge in [0.05, 0.1) is 0 Å². The van der Waals surface area contributed by atoms with E-state index < -0.39 is 0 Å². The van der Waals surface area contributed by atoms with E-state index in [1.54, 1.807) is 0 Å². The van der Waals surface area contributed by atoms with Gasteiger partial charge >= 0.3 is 6.09 Å². The van der Waals surface area contributed by atoms with Crippen LogP contribution >= 0.6 is 0 Å². The summed E-state index contributed by atoms with van der Waals surface area (Å²) < 4.78 is 5.67. The predicted molar refractivity (Wildman–Crippen MR) is 132 cm³/mol. The van der Waals surface area contributed by atoms with Crippen LogP contribution in [0.25, 0.3) is 11.1 Å². The van der Waals surface area contributed by atoms with Crippen molar-refractivity contribution >= 4 is 11.9 Å². The SMILES string of the molecule is O=C(c1ccc2c(c1)Cc1ccccc1-2)C1CC2CCCC(C1)N2C(=O)OCc1ccccc1. The van der Waals surface area contributed by atoms with E-state index in [9.17, 15) is 9.59 Å². The lowest BCUT2D eigenvalue weighted by Crippen LogP contribution is -2.55. The molecule has 0 aromatic heterocycles. The lowest BCUT2D eigenvalue weighted by Gasteiger charge is -2.47. The molecule has 3 aromatic carbocycles. The van der Waals surface area contributed by atoms with Crippen LogP contribution in [0, 0.1) is 5.92 Å². The van der Waals surface area contributed by atoms with Gasteiger partial charge < -0.3 is 9.64 Å². The maximum absolute atomic E-state index is 13.6. The van der Waals surface area contributed by atoms with Gasteiger partial charge in [0.2, 0.25) is 0 Å². The smallest absolute Gasteiger partial charge is 0.410 e. The summed E-state index contributed by atoms with van der Waals surface area (Å²) >= 11 is 0. The normalized spacial score (nSPS) is 22.6. The second kappa shape index (κ2) is 8.75. The number of amides is 1. The van der Waals surface area contributed by atoms with Crippen LogP contribution in [0.15, 0.2) is 72.8 Å². The van der Waals surface area contributed by atoms with Crippen molar-refractivity contribution in [3.63, 3.8) is 0 Å². The molecule has 2 atom stereocenters.